The van der Waals surface area contributed by atoms with E-state index in [1.807, 2.05) is 25.1 Å². The first-order chi connectivity index (χ1) is 8.07. The van der Waals surface area contributed by atoms with E-state index in [0.717, 1.165) is 12.0 Å². The lowest BCUT2D eigenvalue weighted by Gasteiger charge is -2.22. The average molecular weight is 249 g/mol. The van der Waals surface area contributed by atoms with Gasteiger partial charge in [0.2, 0.25) is 0 Å². The zero-order valence-electron chi connectivity index (χ0n) is 9.70. The van der Waals surface area contributed by atoms with E-state index in [4.69, 9.17) is 0 Å². The molecule has 3 nitrogen and oxygen atoms in total. The summed E-state index contributed by atoms with van der Waals surface area (Å²) in [6, 6.07) is 7.02. The van der Waals surface area contributed by atoms with Crippen molar-refractivity contribution in [3.8, 4) is 0 Å². The monoisotopic (exact) mass is 249 g/mol. The third-order valence-corrected chi connectivity index (χ3v) is 5.27. The number of hydrogen-bond donors (Lipinski definition) is 0. The molecule has 0 saturated heterocycles. The molecule has 1 heterocycles. The van der Waals surface area contributed by atoms with Crippen LogP contribution in [0.5, 0.6) is 0 Å². The molecule has 0 spiro atoms. The summed E-state index contributed by atoms with van der Waals surface area (Å²) in [5, 5.41) is 0. The maximum absolute atomic E-state index is 12.3. The van der Waals surface area contributed by atoms with Gasteiger partial charge in [0, 0.05) is 12.7 Å². The zero-order chi connectivity index (χ0) is 12.0. The molecule has 0 amide bonds. The van der Waals surface area contributed by atoms with Crippen molar-refractivity contribution in [2.75, 3.05) is 6.54 Å². The fourth-order valence-corrected chi connectivity index (χ4v) is 3.61. The largest absolute Gasteiger partial charge is 0.273 e. The van der Waals surface area contributed by atoms with E-state index in [-0.39, 0.29) is 0 Å². The van der Waals surface area contributed by atoms with E-state index in [2.05, 4.69) is 0 Å². The fourth-order valence-electron chi connectivity index (χ4n) is 2.24. The van der Waals surface area contributed by atoms with E-state index in [1.54, 1.807) is 18.3 Å². The molecule has 2 aliphatic rings. The van der Waals surface area contributed by atoms with Crippen molar-refractivity contribution in [1.29, 1.82) is 0 Å². The highest BCUT2D eigenvalue weighted by Gasteiger charge is 2.41. The Hall–Kier alpha value is -1.29. The smallest absolute Gasteiger partial charge is 0.263 e. The minimum atomic E-state index is -3.34. The summed E-state index contributed by atoms with van der Waals surface area (Å²) in [6.07, 6.45) is 4.87. The van der Waals surface area contributed by atoms with Gasteiger partial charge in [0.05, 0.1) is 4.90 Å². The van der Waals surface area contributed by atoms with Crippen LogP contribution in [-0.4, -0.2) is 19.3 Å². The Morgan fingerprint density at radius 3 is 2.59 bits per heavy atom. The van der Waals surface area contributed by atoms with Gasteiger partial charge in [0.1, 0.15) is 0 Å². The van der Waals surface area contributed by atoms with Crippen molar-refractivity contribution < 1.29 is 8.42 Å². The molecule has 0 N–H and O–H groups in total. The quantitative estimate of drug-likeness (QED) is 0.805. The van der Waals surface area contributed by atoms with Crippen LogP contribution in [0, 0.1) is 18.8 Å². The van der Waals surface area contributed by atoms with Crippen molar-refractivity contribution >= 4 is 10.0 Å². The van der Waals surface area contributed by atoms with Gasteiger partial charge in [-0.15, -0.1) is 0 Å². The van der Waals surface area contributed by atoms with Crippen LogP contribution in [0.4, 0.5) is 0 Å². The summed E-state index contributed by atoms with van der Waals surface area (Å²) >= 11 is 0. The lowest BCUT2D eigenvalue weighted by Crippen LogP contribution is -2.30. The molecule has 1 fully saturated rings. The number of sulfonamides is 1. The van der Waals surface area contributed by atoms with Crippen molar-refractivity contribution in [2.24, 2.45) is 11.8 Å². The number of nitrogens with zero attached hydrogens (tertiary/aromatic N) is 1. The first kappa shape index (κ1) is 10.8. The van der Waals surface area contributed by atoms with Gasteiger partial charge in [-0.3, -0.25) is 4.31 Å². The molecular weight excluding hydrogens is 234 g/mol. The molecule has 1 aromatic rings. The van der Waals surface area contributed by atoms with Gasteiger partial charge in [-0.2, -0.15) is 0 Å². The van der Waals surface area contributed by atoms with E-state index in [1.165, 1.54) is 4.31 Å². The van der Waals surface area contributed by atoms with Gasteiger partial charge in [0.15, 0.2) is 0 Å². The minimum Gasteiger partial charge on any atom is -0.273 e. The number of allylic oxidation sites excluding steroid dienone is 1. The van der Waals surface area contributed by atoms with Crippen LogP contribution >= 0.6 is 0 Å². The second-order valence-corrected chi connectivity index (χ2v) is 6.78. The normalized spacial score (nSPS) is 26.8. The molecule has 1 aromatic carbocycles. The lowest BCUT2D eigenvalue weighted by atomic mass is 10.2. The number of benzene rings is 1. The van der Waals surface area contributed by atoms with Crippen molar-refractivity contribution in [3.63, 3.8) is 0 Å². The summed E-state index contributed by atoms with van der Waals surface area (Å²) in [5.74, 6) is 1.17. The predicted molar refractivity (Wildman–Crippen MR) is 65.8 cm³/mol. The number of rotatable bonds is 2. The molecule has 2 atom stereocenters. The van der Waals surface area contributed by atoms with Crippen molar-refractivity contribution in [1.82, 2.24) is 4.31 Å². The van der Waals surface area contributed by atoms with Gasteiger partial charge in [-0.1, -0.05) is 23.8 Å². The van der Waals surface area contributed by atoms with Crippen LogP contribution in [0.3, 0.4) is 0 Å². The summed E-state index contributed by atoms with van der Waals surface area (Å²) < 4.78 is 26.2. The Kier molecular flexibility index (Phi) is 2.30. The Balaban J connectivity index is 1.92. The van der Waals surface area contributed by atoms with Crippen molar-refractivity contribution in [2.45, 2.75) is 18.2 Å². The summed E-state index contributed by atoms with van der Waals surface area (Å²) in [7, 11) is -3.34. The molecule has 1 aliphatic carbocycles. The second-order valence-electron chi connectivity index (χ2n) is 4.89. The van der Waals surface area contributed by atoms with Crippen LogP contribution in [0.25, 0.3) is 0 Å². The van der Waals surface area contributed by atoms with Gasteiger partial charge >= 0.3 is 0 Å². The van der Waals surface area contributed by atoms with E-state index < -0.39 is 10.0 Å². The Morgan fingerprint density at radius 2 is 1.94 bits per heavy atom. The Labute approximate surface area is 102 Å². The number of aryl methyl sites for hydroxylation is 1. The molecule has 0 bridgehead atoms. The highest BCUT2D eigenvalue weighted by Crippen LogP contribution is 2.43. The average Bonchev–Trinajstić information content (AvgIpc) is 3.07. The van der Waals surface area contributed by atoms with Gasteiger partial charge in [0.25, 0.3) is 10.0 Å². The Morgan fingerprint density at radius 1 is 1.24 bits per heavy atom. The van der Waals surface area contributed by atoms with E-state index >= 15 is 0 Å². The summed E-state index contributed by atoms with van der Waals surface area (Å²) in [6.45, 7) is 2.59. The van der Waals surface area contributed by atoms with Gasteiger partial charge in [-0.05, 0) is 37.3 Å². The van der Waals surface area contributed by atoms with Crippen LogP contribution in [0.15, 0.2) is 41.4 Å². The second kappa shape index (κ2) is 3.60. The predicted octanol–water partition coefficient (Wildman–Crippen LogP) is 2.15. The van der Waals surface area contributed by atoms with Crippen molar-refractivity contribution in [3.05, 3.63) is 42.1 Å². The third-order valence-electron chi connectivity index (χ3n) is 3.52. The maximum atomic E-state index is 12.3. The van der Waals surface area contributed by atoms with Crippen LogP contribution in [-0.2, 0) is 10.0 Å². The molecular formula is C13H15NO2S. The van der Waals surface area contributed by atoms with Crippen LogP contribution in [0.2, 0.25) is 0 Å². The zero-order valence-corrected chi connectivity index (χ0v) is 10.5. The fraction of sp³-hybridized carbons (Fsp3) is 0.385. The summed E-state index contributed by atoms with van der Waals surface area (Å²) in [5.41, 5.74) is 1.07. The molecule has 4 heteroatoms. The highest BCUT2D eigenvalue weighted by atomic mass is 32.2. The molecule has 0 unspecified atom stereocenters. The standard InChI is InChI=1S/C13H15NO2S/c1-10-2-4-13(5-3-10)17(15,16)14-7-6-11-8-12(11)9-14/h2-7,11-12H,8-9H2,1H3/t11-,12-/m0/s1. The molecule has 0 aromatic heterocycles. The number of hydrogen-bond acceptors (Lipinski definition) is 2. The molecule has 3 rings (SSSR count). The molecule has 90 valence electrons. The summed E-state index contributed by atoms with van der Waals surface area (Å²) in [4.78, 5) is 0.381. The van der Waals surface area contributed by atoms with Crippen LogP contribution < -0.4 is 0 Å². The Bertz CT molecular complexity index is 560. The first-order valence-electron chi connectivity index (χ1n) is 5.84. The van der Waals surface area contributed by atoms with E-state index in [9.17, 15) is 8.42 Å². The molecule has 1 saturated carbocycles. The molecule has 0 radical (unpaired) electrons. The SMILES string of the molecule is Cc1ccc(S(=O)(=O)N2C=C[C@H]3C[C@H]3C2)cc1. The maximum Gasteiger partial charge on any atom is 0.263 e. The number of fused-ring (bicyclic) bond motifs is 1. The topological polar surface area (TPSA) is 37.4 Å². The molecule has 1 aliphatic heterocycles. The molecule has 17 heavy (non-hydrogen) atoms. The lowest BCUT2D eigenvalue weighted by molar-refractivity contribution is 0.462. The first-order valence-corrected chi connectivity index (χ1v) is 7.28. The van der Waals surface area contributed by atoms with Crippen LogP contribution in [0.1, 0.15) is 12.0 Å². The van der Waals surface area contributed by atoms with Gasteiger partial charge in [-0.25, -0.2) is 8.42 Å². The highest BCUT2D eigenvalue weighted by molar-refractivity contribution is 7.89. The third kappa shape index (κ3) is 1.86. The van der Waals surface area contributed by atoms with E-state index in [0.29, 0.717) is 23.3 Å². The van der Waals surface area contributed by atoms with Gasteiger partial charge < -0.3 is 0 Å². The minimum absolute atomic E-state index is 0.381.